The highest BCUT2D eigenvalue weighted by atomic mass is 35.6. The van der Waals surface area contributed by atoms with Gasteiger partial charge in [-0.25, -0.2) is 4.98 Å². The molecule has 78 valence electrons. The second kappa shape index (κ2) is 4.82. The molecule has 0 unspecified atom stereocenters. The van der Waals surface area contributed by atoms with Crippen molar-refractivity contribution in [1.29, 1.82) is 0 Å². The third-order valence-electron chi connectivity index (χ3n) is 1.40. The van der Waals surface area contributed by atoms with Crippen LogP contribution in [0.25, 0.3) is 0 Å². The lowest BCUT2D eigenvalue weighted by Crippen LogP contribution is -2.07. The lowest BCUT2D eigenvalue weighted by atomic mass is 10.2. The zero-order valence-electron chi connectivity index (χ0n) is 6.45. The first-order valence-corrected chi connectivity index (χ1v) is 5.72. The molecule has 0 spiro atoms. The highest BCUT2D eigenvalue weighted by Crippen LogP contribution is 2.43. The first-order chi connectivity index (χ1) is 6.32. The SMILES string of the molecule is Clc1ccc(C(Cl)(Cl)Cl)c(C(Cl)Cl)n1. The number of rotatable bonds is 1. The lowest BCUT2D eigenvalue weighted by molar-refractivity contribution is 1.05. The van der Waals surface area contributed by atoms with Crippen molar-refractivity contribution in [2.75, 3.05) is 0 Å². The Kier molecular flexibility index (Phi) is 4.46. The minimum atomic E-state index is -1.62. The van der Waals surface area contributed by atoms with Crippen LogP contribution in [-0.2, 0) is 3.79 Å². The summed E-state index contributed by atoms with van der Waals surface area (Å²) in [4.78, 5) is 3.00. The summed E-state index contributed by atoms with van der Waals surface area (Å²) in [5, 5.41) is 0.240. The molecule has 0 atom stereocenters. The molecule has 0 fully saturated rings. The van der Waals surface area contributed by atoms with Crippen molar-refractivity contribution in [3.05, 3.63) is 28.5 Å². The zero-order valence-corrected chi connectivity index (χ0v) is 11.0. The Hall–Kier alpha value is 0.890. The van der Waals surface area contributed by atoms with E-state index in [9.17, 15) is 0 Å². The normalized spacial score (nSPS) is 12.2. The van der Waals surface area contributed by atoms with Crippen LogP contribution in [0.4, 0.5) is 0 Å². The number of nitrogens with zero attached hydrogens (tertiary/aromatic N) is 1. The molecule has 0 aliphatic heterocycles. The average molecular weight is 314 g/mol. The maximum Gasteiger partial charge on any atom is 0.217 e. The topological polar surface area (TPSA) is 12.9 Å². The smallest absolute Gasteiger partial charge is 0.217 e. The van der Waals surface area contributed by atoms with Gasteiger partial charge < -0.3 is 0 Å². The molecule has 1 rings (SSSR count). The Morgan fingerprint density at radius 2 is 1.71 bits per heavy atom. The molecule has 1 nitrogen and oxygen atoms in total. The largest absolute Gasteiger partial charge is 0.238 e. The van der Waals surface area contributed by atoms with Gasteiger partial charge in [0, 0.05) is 5.56 Å². The van der Waals surface area contributed by atoms with Crippen molar-refractivity contribution in [2.24, 2.45) is 0 Å². The fourth-order valence-electron chi connectivity index (χ4n) is 0.856. The second-order valence-electron chi connectivity index (χ2n) is 2.37. The third kappa shape index (κ3) is 3.19. The van der Waals surface area contributed by atoms with Crippen molar-refractivity contribution in [3.8, 4) is 0 Å². The molecule has 0 amide bonds. The van der Waals surface area contributed by atoms with Gasteiger partial charge in [-0.2, -0.15) is 0 Å². The highest BCUT2D eigenvalue weighted by Gasteiger charge is 2.29. The summed E-state index contributed by atoms with van der Waals surface area (Å²) in [6.07, 6.45) is 0. The van der Waals surface area contributed by atoms with Gasteiger partial charge in [-0.3, -0.25) is 0 Å². The van der Waals surface area contributed by atoms with Crippen LogP contribution in [0.2, 0.25) is 5.15 Å². The number of hydrogen-bond donors (Lipinski definition) is 0. The number of aromatic nitrogens is 1. The maximum absolute atomic E-state index is 5.69. The number of pyridine rings is 1. The van der Waals surface area contributed by atoms with Crippen LogP contribution in [0.5, 0.6) is 0 Å². The van der Waals surface area contributed by atoms with Crippen molar-refractivity contribution in [3.63, 3.8) is 0 Å². The summed E-state index contributed by atoms with van der Waals surface area (Å²) < 4.78 is -1.62. The summed E-state index contributed by atoms with van der Waals surface area (Å²) >= 11 is 34.0. The molecule has 0 bridgehead atoms. The third-order valence-corrected chi connectivity index (χ3v) is 2.64. The van der Waals surface area contributed by atoms with Crippen LogP contribution < -0.4 is 0 Å². The summed E-state index contributed by atoms with van der Waals surface area (Å²) in [5.41, 5.74) is 0.572. The fourth-order valence-corrected chi connectivity index (χ4v) is 1.82. The second-order valence-corrected chi connectivity index (χ2v) is 6.13. The van der Waals surface area contributed by atoms with Gasteiger partial charge in [-0.1, -0.05) is 69.6 Å². The van der Waals surface area contributed by atoms with E-state index in [4.69, 9.17) is 69.6 Å². The van der Waals surface area contributed by atoms with Crippen molar-refractivity contribution >= 4 is 69.6 Å². The Balaban J connectivity index is 3.29. The molecule has 7 heteroatoms. The van der Waals surface area contributed by atoms with Gasteiger partial charge in [-0.15, -0.1) is 0 Å². The molecule has 0 radical (unpaired) electrons. The predicted molar refractivity (Wildman–Crippen MR) is 62.9 cm³/mol. The highest BCUT2D eigenvalue weighted by molar-refractivity contribution is 6.67. The molecule has 1 aromatic heterocycles. The van der Waals surface area contributed by atoms with Gasteiger partial charge in [0.25, 0.3) is 0 Å². The van der Waals surface area contributed by atoms with Crippen LogP contribution >= 0.6 is 69.6 Å². The lowest BCUT2D eigenvalue weighted by Gasteiger charge is -2.16. The minimum Gasteiger partial charge on any atom is -0.238 e. The minimum absolute atomic E-state index is 0.240. The Bertz CT molecular complexity index is 331. The standard InChI is InChI=1S/C7H3Cl6N/c8-4-2-1-3(7(11,12)13)5(14-4)6(9)10/h1-2,6H. The summed E-state index contributed by atoms with van der Waals surface area (Å²) in [6.45, 7) is 0. The van der Waals surface area contributed by atoms with Crippen LogP contribution in [0, 0.1) is 0 Å². The number of halogens is 6. The predicted octanol–water partition coefficient (Wildman–Crippen LogP) is 5.04. The zero-order chi connectivity index (χ0) is 10.9. The fraction of sp³-hybridized carbons (Fsp3) is 0.286. The summed E-state index contributed by atoms with van der Waals surface area (Å²) in [7, 11) is 0. The summed E-state index contributed by atoms with van der Waals surface area (Å²) in [6, 6.07) is 3.02. The van der Waals surface area contributed by atoms with Gasteiger partial charge >= 0.3 is 0 Å². The average Bonchev–Trinajstić information content (AvgIpc) is 2.01. The van der Waals surface area contributed by atoms with E-state index in [2.05, 4.69) is 4.98 Å². The van der Waals surface area contributed by atoms with Crippen molar-refractivity contribution in [1.82, 2.24) is 4.98 Å². The van der Waals surface area contributed by atoms with Crippen LogP contribution in [0.15, 0.2) is 12.1 Å². The van der Waals surface area contributed by atoms with E-state index in [0.29, 0.717) is 5.56 Å². The van der Waals surface area contributed by atoms with E-state index in [0.717, 1.165) is 0 Å². The van der Waals surface area contributed by atoms with E-state index < -0.39 is 8.63 Å². The molecule has 0 aliphatic rings. The van der Waals surface area contributed by atoms with Gasteiger partial charge in [0.2, 0.25) is 3.79 Å². The number of alkyl halides is 5. The molecular weight excluding hydrogens is 311 g/mol. The van der Waals surface area contributed by atoms with Crippen LogP contribution in [-0.4, -0.2) is 4.98 Å². The molecule has 0 aromatic carbocycles. The molecular formula is C7H3Cl6N. The Morgan fingerprint density at radius 1 is 1.14 bits per heavy atom. The first kappa shape index (κ1) is 13.0. The quantitative estimate of drug-likeness (QED) is 0.523. The van der Waals surface area contributed by atoms with Crippen molar-refractivity contribution < 1.29 is 0 Å². The molecule has 14 heavy (non-hydrogen) atoms. The van der Waals surface area contributed by atoms with E-state index in [1.54, 1.807) is 0 Å². The Morgan fingerprint density at radius 3 is 2.14 bits per heavy atom. The van der Waals surface area contributed by atoms with E-state index in [1.807, 2.05) is 0 Å². The first-order valence-electron chi connectivity index (χ1n) is 3.34. The number of hydrogen-bond acceptors (Lipinski definition) is 1. The van der Waals surface area contributed by atoms with Gasteiger partial charge in [-0.05, 0) is 12.1 Å². The van der Waals surface area contributed by atoms with Crippen LogP contribution in [0.3, 0.4) is 0 Å². The van der Waals surface area contributed by atoms with Gasteiger partial charge in [0.05, 0.1) is 5.69 Å². The van der Waals surface area contributed by atoms with E-state index >= 15 is 0 Å². The van der Waals surface area contributed by atoms with Crippen molar-refractivity contribution in [2.45, 2.75) is 8.63 Å². The summed E-state index contributed by atoms with van der Waals surface area (Å²) in [5.74, 6) is 0. The maximum atomic E-state index is 5.69. The molecule has 1 heterocycles. The monoisotopic (exact) mass is 311 g/mol. The molecule has 0 saturated carbocycles. The Labute approximate surface area is 111 Å². The molecule has 0 aliphatic carbocycles. The molecule has 0 N–H and O–H groups in total. The molecule has 0 saturated heterocycles. The van der Waals surface area contributed by atoms with Gasteiger partial charge in [0.15, 0.2) is 0 Å². The van der Waals surface area contributed by atoms with Crippen LogP contribution in [0.1, 0.15) is 16.1 Å². The van der Waals surface area contributed by atoms with E-state index in [1.165, 1.54) is 12.1 Å². The molecule has 1 aromatic rings. The van der Waals surface area contributed by atoms with Gasteiger partial charge in [0.1, 0.15) is 9.99 Å². The van der Waals surface area contributed by atoms with E-state index in [-0.39, 0.29) is 10.8 Å².